The van der Waals surface area contributed by atoms with Crippen LogP contribution < -0.4 is 10.6 Å². The Morgan fingerprint density at radius 3 is 2.38 bits per heavy atom. The van der Waals surface area contributed by atoms with Crippen molar-refractivity contribution in [1.29, 1.82) is 0 Å². The van der Waals surface area contributed by atoms with Crippen LogP contribution in [0.3, 0.4) is 0 Å². The van der Waals surface area contributed by atoms with Crippen LogP contribution in [0.1, 0.15) is 24.2 Å². The van der Waals surface area contributed by atoms with Gasteiger partial charge in [-0.25, -0.2) is 0 Å². The first kappa shape index (κ1) is 17.0. The Hall–Kier alpha value is -2.08. The SMILES string of the molecule is CC(C)(CNC(=O)CNC(=O)c1ccccc1Cl)C(=O)O. The molecule has 0 aliphatic rings. The van der Waals surface area contributed by atoms with E-state index < -0.39 is 23.2 Å². The van der Waals surface area contributed by atoms with Gasteiger partial charge in [-0.3, -0.25) is 14.4 Å². The number of hydrogen-bond acceptors (Lipinski definition) is 3. The van der Waals surface area contributed by atoms with Crippen molar-refractivity contribution in [3.8, 4) is 0 Å². The molecule has 0 saturated heterocycles. The van der Waals surface area contributed by atoms with Gasteiger partial charge in [-0.05, 0) is 26.0 Å². The molecule has 0 fully saturated rings. The molecule has 0 aromatic heterocycles. The Morgan fingerprint density at radius 2 is 1.81 bits per heavy atom. The smallest absolute Gasteiger partial charge is 0.310 e. The van der Waals surface area contributed by atoms with E-state index in [9.17, 15) is 14.4 Å². The van der Waals surface area contributed by atoms with Gasteiger partial charge in [0.2, 0.25) is 5.91 Å². The van der Waals surface area contributed by atoms with Crippen LogP contribution >= 0.6 is 11.6 Å². The van der Waals surface area contributed by atoms with E-state index in [2.05, 4.69) is 10.6 Å². The van der Waals surface area contributed by atoms with E-state index in [0.29, 0.717) is 5.02 Å². The van der Waals surface area contributed by atoms with Gasteiger partial charge in [0.25, 0.3) is 5.91 Å². The molecule has 0 atom stereocenters. The maximum atomic E-state index is 11.8. The van der Waals surface area contributed by atoms with Crippen molar-refractivity contribution in [3.05, 3.63) is 34.9 Å². The molecule has 0 saturated carbocycles. The largest absolute Gasteiger partial charge is 0.481 e. The molecule has 0 radical (unpaired) electrons. The van der Waals surface area contributed by atoms with E-state index in [0.717, 1.165) is 0 Å². The van der Waals surface area contributed by atoms with Crippen molar-refractivity contribution in [2.45, 2.75) is 13.8 Å². The fraction of sp³-hybridized carbons (Fsp3) is 0.357. The third-order valence-electron chi connectivity index (χ3n) is 2.83. The molecule has 6 nitrogen and oxygen atoms in total. The summed E-state index contributed by atoms with van der Waals surface area (Å²) in [5.74, 6) is -1.94. The molecule has 7 heteroatoms. The number of carboxylic acid groups (broad SMARTS) is 1. The number of aliphatic carboxylic acids is 1. The number of amides is 2. The van der Waals surface area contributed by atoms with E-state index in [-0.39, 0.29) is 18.7 Å². The van der Waals surface area contributed by atoms with E-state index in [4.69, 9.17) is 16.7 Å². The fourth-order valence-electron chi connectivity index (χ4n) is 1.36. The average Bonchev–Trinajstić information content (AvgIpc) is 2.43. The highest BCUT2D eigenvalue weighted by atomic mass is 35.5. The van der Waals surface area contributed by atoms with Gasteiger partial charge in [-0.1, -0.05) is 23.7 Å². The summed E-state index contributed by atoms with van der Waals surface area (Å²) < 4.78 is 0. The number of nitrogens with one attached hydrogen (secondary N) is 2. The Balaban J connectivity index is 2.45. The second kappa shape index (κ2) is 7.08. The molecule has 0 heterocycles. The highest BCUT2D eigenvalue weighted by Crippen LogP contribution is 2.14. The van der Waals surface area contributed by atoms with Crippen molar-refractivity contribution in [2.24, 2.45) is 5.41 Å². The minimum absolute atomic E-state index is 0.0247. The number of hydrogen-bond donors (Lipinski definition) is 3. The highest BCUT2D eigenvalue weighted by Gasteiger charge is 2.27. The van der Waals surface area contributed by atoms with Crippen LogP contribution in [0.15, 0.2) is 24.3 Å². The van der Waals surface area contributed by atoms with Gasteiger partial charge in [0, 0.05) is 6.54 Å². The van der Waals surface area contributed by atoms with E-state index in [1.807, 2.05) is 0 Å². The molecule has 0 unspecified atom stereocenters. The second-order valence-electron chi connectivity index (χ2n) is 5.13. The average molecular weight is 313 g/mol. The van der Waals surface area contributed by atoms with Gasteiger partial charge in [0.1, 0.15) is 0 Å². The lowest BCUT2D eigenvalue weighted by atomic mass is 9.94. The van der Waals surface area contributed by atoms with Crippen LogP contribution in [0, 0.1) is 5.41 Å². The van der Waals surface area contributed by atoms with Crippen LogP contribution in [0.4, 0.5) is 0 Å². The van der Waals surface area contributed by atoms with Gasteiger partial charge < -0.3 is 15.7 Å². The van der Waals surface area contributed by atoms with Gasteiger partial charge in [-0.15, -0.1) is 0 Å². The Morgan fingerprint density at radius 1 is 1.19 bits per heavy atom. The van der Waals surface area contributed by atoms with Crippen LogP contribution in [-0.4, -0.2) is 36.0 Å². The van der Waals surface area contributed by atoms with Gasteiger partial charge in [-0.2, -0.15) is 0 Å². The molecule has 1 aromatic carbocycles. The molecule has 0 aliphatic carbocycles. The van der Waals surface area contributed by atoms with Crippen LogP contribution in [0.2, 0.25) is 5.02 Å². The molecule has 0 spiro atoms. The van der Waals surface area contributed by atoms with Crippen LogP contribution in [0.5, 0.6) is 0 Å². The molecular formula is C14H17ClN2O4. The number of rotatable bonds is 6. The van der Waals surface area contributed by atoms with Crippen molar-refractivity contribution in [3.63, 3.8) is 0 Å². The summed E-state index contributed by atoms with van der Waals surface area (Å²) >= 11 is 5.86. The first-order chi connectivity index (χ1) is 9.74. The minimum Gasteiger partial charge on any atom is -0.481 e. The summed E-state index contributed by atoms with van der Waals surface area (Å²) in [4.78, 5) is 34.3. The predicted octanol–water partition coefficient (Wildman–Crippen LogP) is 1.30. The summed E-state index contributed by atoms with van der Waals surface area (Å²) in [6, 6.07) is 6.48. The van der Waals surface area contributed by atoms with E-state index in [1.165, 1.54) is 13.8 Å². The Bertz CT molecular complexity index is 558. The third-order valence-corrected chi connectivity index (χ3v) is 3.16. The van der Waals surface area contributed by atoms with E-state index >= 15 is 0 Å². The molecule has 21 heavy (non-hydrogen) atoms. The lowest BCUT2D eigenvalue weighted by Gasteiger charge is -2.19. The van der Waals surface area contributed by atoms with Gasteiger partial charge in [0.15, 0.2) is 0 Å². The summed E-state index contributed by atoms with van der Waals surface area (Å²) in [6.45, 7) is 2.72. The zero-order valence-electron chi connectivity index (χ0n) is 11.8. The molecule has 0 aliphatic heterocycles. The number of halogens is 1. The quantitative estimate of drug-likeness (QED) is 0.737. The standard InChI is InChI=1S/C14H17ClN2O4/c1-14(2,13(20)21)8-17-11(18)7-16-12(19)9-5-3-4-6-10(9)15/h3-6H,7-8H2,1-2H3,(H,16,19)(H,17,18)(H,20,21). The zero-order valence-corrected chi connectivity index (χ0v) is 12.5. The maximum absolute atomic E-state index is 11.8. The van der Waals surface area contributed by atoms with Crippen LogP contribution in [-0.2, 0) is 9.59 Å². The third kappa shape index (κ3) is 5.07. The second-order valence-corrected chi connectivity index (χ2v) is 5.54. The Kier molecular flexibility index (Phi) is 5.72. The monoisotopic (exact) mass is 312 g/mol. The molecule has 0 bridgehead atoms. The fourth-order valence-corrected chi connectivity index (χ4v) is 1.58. The summed E-state index contributed by atoms with van der Waals surface area (Å²) in [5.41, 5.74) is -0.791. The number of carbonyl (C=O) groups is 3. The lowest BCUT2D eigenvalue weighted by molar-refractivity contribution is -0.146. The zero-order chi connectivity index (χ0) is 16.0. The number of carboxylic acids is 1. The number of carbonyl (C=O) groups excluding carboxylic acids is 2. The van der Waals surface area contributed by atoms with Crippen molar-refractivity contribution >= 4 is 29.4 Å². The molecule has 2 amide bonds. The minimum atomic E-state index is -1.07. The highest BCUT2D eigenvalue weighted by molar-refractivity contribution is 6.33. The molecule has 1 aromatic rings. The molecule has 1 rings (SSSR count). The number of benzene rings is 1. The van der Waals surface area contributed by atoms with Crippen molar-refractivity contribution in [1.82, 2.24) is 10.6 Å². The molecule has 114 valence electrons. The van der Waals surface area contributed by atoms with Gasteiger partial charge >= 0.3 is 5.97 Å². The normalized spacial score (nSPS) is 10.8. The maximum Gasteiger partial charge on any atom is 0.310 e. The molecular weight excluding hydrogens is 296 g/mol. The van der Waals surface area contributed by atoms with Crippen LogP contribution in [0.25, 0.3) is 0 Å². The summed E-state index contributed by atoms with van der Waals surface area (Å²) in [6.07, 6.45) is 0. The van der Waals surface area contributed by atoms with Crippen molar-refractivity contribution in [2.75, 3.05) is 13.1 Å². The summed E-state index contributed by atoms with van der Waals surface area (Å²) in [5, 5.41) is 14.1. The Labute approximate surface area is 127 Å². The molecule has 3 N–H and O–H groups in total. The summed E-state index contributed by atoms with van der Waals surface area (Å²) in [7, 11) is 0. The first-order valence-electron chi connectivity index (χ1n) is 6.27. The first-order valence-corrected chi connectivity index (χ1v) is 6.64. The van der Waals surface area contributed by atoms with E-state index in [1.54, 1.807) is 24.3 Å². The lowest BCUT2D eigenvalue weighted by Crippen LogP contribution is -2.43. The van der Waals surface area contributed by atoms with Crippen molar-refractivity contribution < 1.29 is 19.5 Å². The predicted molar refractivity (Wildman–Crippen MR) is 78.2 cm³/mol. The van der Waals surface area contributed by atoms with Gasteiger partial charge in [0.05, 0.1) is 22.5 Å². The topological polar surface area (TPSA) is 95.5 Å².